The fraction of sp³-hybridized carbons (Fsp3) is 0.333. The van der Waals surface area contributed by atoms with E-state index in [1.807, 2.05) is 0 Å². The first-order chi connectivity index (χ1) is 11.8. The van der Waals surface area contributed by atoms with E-state index < -0.39 is 0 Å². The van der Waals surface area contributed by atoms with Crippen molar-refractivity contribution in [2.45, 2.75) is 24.3 Å². The Morgan fingerprint density at radius 2 is 2.04 bits per heavy atom. The Morgan fingerprint density at radius 1 is 1.17 bits per heavy atom. The van der Waals surface area contributed by atoms with Crippen LogP contribution in [0.4, 0.5) is 11.8 Å². The summed E-state index contributed by atoms with van der Waals surface area (Å²) in [5.41, 5.74) is 2.30. The van der Waals surface area contributed by atoms with Gasteiger partial charge in [-0.25, -0.2) is 4.98 Å². The van der Waals surface area contributed by atoms with Gasteiger partial charge in [-0.15, -0.1) is 23.1 Å². The highest BCUT2D eigenvalue weighted by Crippen LogP contribution is 2.31. The minimum absolute atomic E-state index is 0.730. The van der Waals surface area contributed by atoms with E-state index >= 15 is 0 Å². The molecule has 0 spiro atoms. The van der Waals surface area contributed by atoms with Crippen LogP contribution in [0.5, 0.6) is 0 Å². The topological polar surface area (TPSA) is 49.8 Å². The first-order valence-electron chi connectivity index (χ1n) is 8.18. The van der Waals surface area contributed by atoms with E-state index in [-0.39, 0.29) is 0 Å². The van der Waals surface area contributed by atoms with Crippen LogP contribution in [0.25, 0.3) is 10.2 Å². The molecule has 0 unspecified atom stereocenters. The van der Waals surface area contributed by atoms with Gasteiger partial charge in [-0.1, -0.05) is 18.2 Å². The lowest BCUT2D eigenvalue weighted by Crippen LogP contribution is -2.09. The Morgan fingerprint density at radius 3 is 2.88 bits per heavy atom. The number of nitrogens with zero attached hydrogens (tertiary/aromatic N) is 2. The molecule has 6 heteroatoms. The van der Waals surface area contributed by atoms with Crippen LogP contribution in [0, 0.1) is 5.92 Å². The summed E-state index contributed by atoms with van der Waals surface area (Å²) in [5.74, 6) is 2.45. The molecule has 1 aliphatic rings. The van der Waals surface area contributed by atoms with Crippen LogP contribution in [0.15, 0.2) is 40.6 Å². The van der Waals surface area contributed by atoms with Crippen LogP contribution in [0.3, 0.4) is 0 Å². The van der Waals surface area contributed by atoms with Crippen molar-refractivity contribution in [3.8, 4) is 0 Å². The number of thiophene rings is 1. The third-order valence-electron chi connectivity index (χ3n) is 4.19. The summed E-state index contributed by atoms with van der Waals surface area (Å²) in [7, 11) is 0. The molecule has 0 aliphatic heterocycles. The molecule has 124 valence electrons. The lowest BCUT2D eigenvalue weighted by molar-refractivity contribution is 0.875. The van der Waals surface area contributed by atoms with Gasteiger partial charge in [-0.2, -0.15) is 4.98 Å². The molecule has 4 rings (SSSR count). The molecule has 1 aromatic carbocycles. The molecule has 1 fully saturated rings. The predicted octanol–water partition coefficient (Wildman–Crippen LogP) is 4.85. The molecule has 2 aromatic heterocycles. The van der Waals surface area contributed by atoms with Crippen molar-refractivity contribution < 1.29 is 0 Å². The van der Waals surface area contributed by atoms with Gasteiger partial charge in [0, 0.05) is 18.0 Å². The Hall–Kier alpha value is -1.79. The number of hydrogen-bond acceptors (Lipinski definition) is 6. The molecule has 0 atom stereocenters. The van der Waals surface area contributed by atoms with Gasteiger partial charge in [0.05, 0.1) is 10.2 Å². The monoisotopic (exact) mass is 356 g/mol. The first kappa shape index (κ1) is 15.7. The van der Waals surface area contributed by atoms with Crippen molar-refractivity contribution in [2.75, 3.05) is 23.4 Å². The van der Waals surface area contributed by atoms with Crippen molar-refractivity contribution in [3.63, 3.8) is 0 Å². The molecule has 0 bridgehead atoms. The second-order valence-electron chi connectivity index (χ2n) is 6.02. The second kappa shape index (κ2) is 6.99. The zero-order chi connectivity index (χ0) is 16.4. The van der Waals surface area contributed by atoms with Gasteiger partial charge in [0.2, 0.25) is 5.95 Å². The first-order valence-corrected chi connectivity index (χ1v) is 10.3. The number of fused-ring (bicyclic) bond motifs is 1. The van der Waals surface area contributed by atoms with Crippen LogP contribution < -0.4 is 10.6 Å². The van der Waals surface area contributed by atoms with E-state index in [4.69, 9.17) is 4.98 Å². The molecular formula is C18H20N4S2. The van der Waals surface area contributed by atoms with Crippen LogP contribution in [0.1, 0.15) is 18.4 Å². The van der Waals surface area contributed by atoms with E-state index in [0.717, 1.165) is 41.0 Å². The van der Waals surface area contributed by atoms with Gasteiger partial charge < -0.3 is 10.6 Å². The minimum Gasteiger partial charge on any atom is -0.365 e. The quantitative estimate of drug-likeness (QED) is 0.593. The van der Waals surface area contributed by atoms with Crippen molar-refractivity contribution >= 4 is 45.1 Å². The number of hydrogen-bond donors (Lipinski definition) is 2. The van der Waals surface area contributed by atoms with Crippen LogP contribution >= 0.6 is 23.1 Å². The highest BCUT2D eigenvalue weighted by molar-refractivity contribution is 7.98. The third-order valence-corrected chi connectivity index (χ3v) is 5.94. The fourth-order valence-electron chi connectivity index (χ4n) is 2.65. The van der Waals surface area contributed by atoms with Crippen molar-refractivity contribution in [1.82, 2.24) is 9.97 Å². The van der Waals surface area contributed by atoms with Gasteiger partial charge in [-0.05, 0) is 48.1 Å². The fourth-order valence-corrected chi connectivity index (χ4v) is 4.06. The summed E-state index contributed by atoms with van der Waals surface area (Å²) >= 11 is 3.46. The number of nitrogens with one attached hydrogen (secondary N) is 2. The van der Waals surface area contributed by atoms with Crippen molar-refractivity contribution in [2.24, 2.45) is 5.92 Å². The molecule has 0 radical (unpaired) electrons. The average Bonchev–Trinajstić information content (AvgIpc) is 3.33. The normalized spacial score (nSPS) is 14.0. The summed E-state index contributed by atoms with van der Waals surface area (Å²) in [6, 6.07) is 10.5. The molecule has 0 saturated heterocycles. The number of rotatable bonds is 7. The highest BCUT2D eigenvalue weighted by Gasteiger charge is 2.21. The summed E-state index contributed by atoms with van der Waals surface area (Å²) in [6.07, 6.45) is 4.76. The van der Waals surface area contributed by atoms with Gasteiger partial charge in [0.15, 0.2) is 0 Å². The molecule has 4 nitrogen and oxygen atoms in total. The molecule has 2 N–H and O–H groups in total. The average molecular weight is 357 g/mol. The zero-order valence-electron chi connectivity index (χ0n) is 13.6. The molecule has 1 aliphatic carbocycles. The predicted molar refractivity (Wildman–Crippen MR) is 104 cm³/mol. The molecule has 0 amide bonds. The smallest absolute Gasteiger partial charge is 0.225 e. The van der Waals surface area contributed by atoms with E-state index in [0.29, 0.717) is 0 Å². The Labute approximate surface area is 150 Å². The van der Waals surface area contributed by atoms with E-state index in [9.17, 15) is 0 Å². The summed E-state index contributed by atoms with van der Waals surface area (Å²) in [4.78, 5) is 10.6. The van der Waals surface area contributed by atoms with Gasteiger partial charge in [-0.3, -0.25) is 0 Å². The van der Waals surface area contributed by atoms with Crippen molar-refractivity contribution in [3.05, 3.63) is 41.3 Å². The summed E-state index contributed by atoms with van der Waals surface area (Å²) < 4.78 is 1.12. The Bertz CT molecular complexity index is 842. The lowest BCUT2D eigenvalue weighted by Gasteiger charge is -2.11. The number of aromatic nitrogens is 2. The number of benzene rings is 1. The highest BCUT2D eigenvalue weighted by atomic mass is 32.2. The molecule has 3 aromatic rings. The maximum atomic E-state index is 4.71. The van der Waals surface area contributed by atoms with Gasteiger partial charge >= 0.3 is 0 Å². The molecular weight excluding hydrogens is 336 g/mol. The molecule has 1 saturated carbocycles. The number of thioether (sulfide) groups is 1. The maximum Gasteiger partial charge on any atom is 0.225 e. The maximum absolute atomic E-state index is 4.71. The summed E-state index contributed by atoms with van der Waals surface area (Å²) in [6.45, 7) is 1.74. The van der Waals surface area contributed by atoms with Gasteiger partial charge in [0.1, 0.15) is 5.82 Å². The lowest BCUT2D eigenvalue weighted by atomic mass is 10.2. The van der Waals surface area contributed by atoms with E-state index in [2.05, 4.69) is 57.6 Å². The Kier molecular flexibility index (Phi) is 4.58. The molecule has 2 heterocycles. The van der Waals surface area contributed by atoms with Crippen LogP contribution in [0.2, 0.25) is 0 Å². The Balaban J connectivity index is 1.56. The molecule has 24 heavy (non-hydrogen) atoms. The van der Waals surface area contributed by atoms with Crippen LogP contribution in [-0.2, 0) is 6.54 Å². The zero-order valence-corrected chi connectivity index (χ0v) is 15.2. The van der Waals surface area contributed by atoms with E-state index in [1.165, 1.54) is 23.3 Å². The standard InChI is InChI=1S/C18H20N4S2/c1-23-15-5-3-2-4-13(15)11-19-17-16-14(8-9-24-16)21-18(22-17)20-10-12-6-7-12/h2-5,8-9,12H,6-7,10-11H2,1H3,(H2,19,20,21,22). The van der Waals surface area contributed by atoms with E-state index in [1.54, 1.807) is 23.1 Å². The van der Waals surface area contributed by atoms with Crippen LogP contribution in [-0.4, -0.2) is 22.8 Å². The summed E-state index contributed by atoms with van der Waals surface area (Å²) in [5, 5.41) is 8.98. The minimum atomic E-state index is 0.730. The van der Waals surface area contributed by atoms with Crippen molar-refractivity contribution in [1.29, 1.82) is 0 Å². The van der Waals surface area contributed by atoms with Gasteiger partial charge in [0.25, 0.3) is 0 Å². The second-order valence-corrected chi connectivity index (χ2v) is 7.78. The largest absolute Gasteiger partial charge is 0.365 e. The third kappa shape index (κ3) is 3.49. The SMILES string of the molecule is CSc1ccccc1CNc1nc(NCC2CC2)nc2ccsc12. The number of anilines is 2.